The van der Waals surface area contributed by atoms with E-state index in [2.05, 4.69) is 43.7 Å². The van der Waals surface area contributed by atoms with Crippen LogP contribution in [0.5, 0.6) is 0 Å². The number of aromatic nitrogens is 1. The van der Waals surface area contributed by atoms with Crippen molar-refractivity contribution in [3.63, 3.8) is 0 Å². The molecule has 0 aliphatic heterocycles. The van der Waals surface area contributed by atoms with Crippen LogP contribution in [0.2, 0.25) is 0 Å². The Morgan fingerprint density at radius 2 is 2.18 bits per heavy atom. The Balaban J connectivity index is 2.83. The lowest BCUT2D eigenvalue weighted by molar-refractivity contribution is 0.669. The zero-order valence-corrected chi connectivity index (χ0v) is 11.5. The van der Waals surface area contributed by atoms with Crippen LogP contribution in [-0.4, -0.2) is 18.2 Å². The monoisotopic (exact) mass is 230 g/mol. The first-order valence-corrected chi connectivity index (χ1v) is 6.05. The Hall–Kier alpha value is -1.44. The number of hydrogen-bond acceptors (Lipinski definition) is 2. The molecule has 2 heteroatoms. The maximum absolute atomic E-state index is 4.20. The molecule has 0 bridgehead atoms. The average Bonchev–Trinajstić information content (AvgIpc) is 2.31. The fraction of sp³-hybridized carbons (Fsp3) is 0.467. The molecule has 1 heterocycles. The van der Waals surface area contributed by atoms with Crippen LogP contribution in [0.4, 0.5) is 0 Å². The van der Waals surface area contributed by atoms with Crippen molar-refractivity contribution >= 4 is 6.21 Å². The molecular formula is C15H22N2. The molecule has 2 nitrogen and oxygen atoms in total. The van der Waals surface area contributed by atoms with Gasteiger partial charge in [0, 0.05) is 25.7 Å². The van der Waals surface area contributed by atoms with Crippen LogP contribution >= 0.6 is 0 Å². The van der Waals surface area contributed by atoms with E-state index in [-0.39, 0.29) is 0 Å². The average molecular weight is 230 g/mol. The summed E-state index contributed by atoms with van der Waals surface area (Å²) in [4.78, 5) is 8.27. The van der Waals surface area contributed by atoms with E-state index in [1.165, 1.54) is 22.3 Å². The van der Waals surface area contributed by atoms with Gasteiger partial charge in [-0.25, -0.2) is 0 Å². The smallest absolute Gasteiger partial charge is 0.0302 e. The second-order valence-corrected chi connectivity index (χ2v) is 4.66. The van der Waals surface area contributed by atoms with Gasteiger partial charge < -0.3 is 0 Å². The van der Waals surface area contributed by atoms with Crippen LogP contribution in [0.3, 0.4) is 0 Å². The van der Waals surface area contributed by atoms with Crippen LogP contribution in [0.15, 0.2) is 34.6 Å². The minimum absolute atomic E-state index is 0.524. The van der Waals surface area contributed by atoms with Gasteiger partial charge in [0.15, 0.2) is 0 Å². The fourth-order valence-corrected chi connectivity index (χ4v) is 1.88. The summed E-state index contributed by atoms with van der Waals surface area (Å²) in [5, 5.41) is 0. The highest BCUT2D eigenvalue weighted by atomic mass is 14.6. The van der Waals surface area contributed by atoms with E-state index in [1.54, 1.807) is 0 Å². The number of allylic oxidation sites excluding steroid dienone is 2. The number of aryl methyl sites for hydroxylation is 1. The summed E-state index contributed by atoms with van der Waals surface area (Å²) in [6, 6.07) is 2.07. The van der Waals surface area contributed by atoms with E-state index in [1.807, 2.05) is 25.7 Å². The topological polar surface area (TPSA) is 25.2 Å². The minimum Gasteiger partial charge on any atom is -0.296 e. The molecule has 1 unspecified atom stereocenters. The summed E-state index contributed by atoms with van der Waals surface area (Å²) < 4.78 is 0. The van der Waals surface area contributed by atoms with E-state index in [0.717, 1.165) is 6.42 Å². The normalized spacial score (nSPS) is 14.9. The van der Waals surface area contributed by atoms with Crippen molar-refractivity contribution in [2.45, 2.75) is 34.1 Å². The van der Waals surface area contributed by atoms with Crippen LogP contribution in [0, 0.1) is 12.8 Å². The summed E-state index contributed by atoms with van der Waals surface area (Å²) in [6.45, 7) is 8.71. The first-order chi connectivity index (χ1) is 8.06. The standard InChI is InChI=1S/C15H22N2/c1-11-6-7-17-10-15(11)8-12(2)14(4)13(3)9-16-5/h6-7,9-10,12H,8H2,1-5H3/b14-13+,16-9?. The summed E-state index contributed by atoms with van der Waals surface area (Å²) in [6.07, 6.45) is 6.80. The SMILES string of the molecule is CN=C/C(C)=C(\C)C(C)Cc1cnccc1C. The van der Waals surface area contributed by atoms with E-state index < -0.39 is 0 Å². The number of rotatable bonds is 4. The van der Waals surface area contributed by atoms with Gasteiger partial charge >= 0.3 is 0 Å². The highest BCUT2D eigenvalue weighted by Gasteiger charge is 2.09. The fourth-order valence-electron chi connectivity index (χ4n) is 1.88. The van der Waals surface area contributed by atoms with Crippen molar-refractivity contribution in [2.75, 3.05) is 7.05 Å². The Labute approximate surface area is 105 Å². The third-order valence-corrected chi connectivity index (χ3v) is 3.36. The quantitative estimate of drug-likeness (QED) is 0.725. The molecule has 1 aromatic rings. The molecule has 1 atom stereocenters. The first-order valence-electron chi connectivity index (χ1n) is 6.05. The van der Waals surface area contributed by atoms with Gasteiger partial charge in [-0.3, -0.25) is 9.98 Å². The molecular weight excluding hydrogens is 208 g/mol. The highest BCUT2D eigenvalue weighted by molar-refractivity contribution is 5.78. The number of pyridine rings is 1. The number of nitrogens with zero attached hydrogens (tertiary/aromatic N) is 2. The highest BCUT2D eigenvalue weighted by Crippen LogP contribution is 2.20. The van der Waals surface area contributed by atoms with Gasteiger partial charge in [0.1, 0.15) is 0 Å². The molecule has 0 saturated heterocycles. The third-order valence-electron chi connectivity index (χ3n) is 3.36. The van der Waals surface area contributed by atoms with Crippen LogP contribution in [-0.2, 0) is 6.42 Å². The van der Waals surface area contributed by atoms with E-state index in [4.69, 9.17) is 0 Å². The molecule has 0 aromatic carbocycles. The van der Waals surface area contributed by atoms with Crippen molar-refractivity contribution in [3.8, 4) is 0 Å². The van der Waals surface area contributed by atoms with Gasteiger partial charge in [-0.2, -0.15) is 0 Å². The first kappa shape index (κ1) is 13.6. The lowest BCUT2D eigenvalue weighted by atomic mass is 9.91. The van der Waals surface area contributed by atoms with Crippen LogP contribution in [0.25, 0.3) is 0 Å². The van der Waals surface area contributed by atoms with Crippen molar-refractivity contribution in [1.82, 2.24) is 4.98 Å². The Bertz CT molecular complexity index is 430. The number of aliphatic imine (C=N–C) groups is 1. The maximum atomic E-state index is 4.20. The van der Waals surface area contributed by atoms with E-state index in [9.17, 15) is 0 Å². The van der Waals surface area contributed by atoms with Crippen molar-refractivity contribution in [1.29, 1.82) is 0 Å². The van der Waals surface area contributed by atoms with Crippen molar-refractivity contribution in [3.05, 3.63) is 40.7 Å². The lowest BCUT2D eigenvalue weighted by Gasteiger charge is -2.15. The molecule has 0 radical (unpaired) electrons. The molecule has 1 rings (SSSR count). The molecule has 92 valence electrons. The summed E-state index contributed by atoms with van der Waals surface area (Å²) in [7, 11) is 1.81. The molecule has 0 saturated carbocycles. The maximum Gasteiger partial charge on any atom is 0.0302 e. The van der Waals surface area contributed by atoms with Gasteiger partial charge in [-0.1, -0.05) is 12.5 Å². The molecule has 0 spiro atoms. The second kappa shape index (κ2) is 6.33. The summed E-state index contributed by atoms with van der Waals surface area (Å²) in [5.74, 6) is 0.524. The van der Waals surface area contributed by atoms with Gasteiger partial charge in [0.25, 0.3) is 0 Å². The Morgan fingerprint density at radius 3 is 2.76 bits per heavy atom. The van der Waals surface area contributed by atoms with Gasteiger partial charge in [-0.05, 0) is 55.9 Å². The third kappa shape index (κ3) is 3.81. The van der Waals surface area contributed by atoms with Gasteiger partial charge in [0.05, 0.1) is 0 Å². The van der Waals surface area contributed by atoms with Crippen LogP contribution < -0.4 is 0 Å². The van der Waals surface area contributed by atoms with Gasteiger partial charge in [0.2, 0.25) is 0 Å². The zero-order chi connectivity index (χ0) is 12.8. The van der Waals surface area contributed by atoms with Crippen molar-refractivity contribution < 1.29 is 0 Å². The summed E-state index contributed by atoms with van der Waals surface area (Å²) >= 11 is 0. The Kier molecular flexibility index (Phi) is 5.08. The second-order valence-electron chi connectivity index (χ2n) is 4.66. The predicted octanol–water partition coefficient (Wildman–Crippen LogP) is 3.61. The molecule has 17 heavy (non-hydrogen) atoms. The molecule has 0 aliphatic carbocycles. The van der Waals surface area contributed by atoms with E-state index in [0.29, 0.717) is 5.92 Å². The van der Waals surface area contributed by atoms with Crippen LogP contribution in [0.1, 0.15) is 31.9 Å². The summed E-state index contributed by atoms with van der Waals surface area (Å²) in [5.41, 5.74) is 5.32. The van der Waals surface area contributed by atoms with Crippen molar-refractivity contribution in [2.24, 2.45) is 10.9 Å². The lowest BCUT2D eigenvalue weighted by Crippen LogP contribution is -2.05. The Morgan fingerprint density at radius 1 is 1.47 bits per heavy atom. The molecule has 1 aromatic heterocycles. The molecule has 0 aliphatic rings. The molecule has 0 amide bonds. The predicted molar refractivity (Wildman–Crippen MR) is 74.6 cm³/mol. The molecule has 0 N–H and O–H groups in total. The molecule has 0 fully saturated rings. The number of hydrogen-bond donors (Lipinski definition) is 0. The minimum atomic E-state index is 0.524. The van der Waals surface area contributed by atoms with E-state index >= 15 is 0 Å². The largest absolute Gasteiger partial charge is 0.296 e. The van der Waals surface area contributed by atoms with Gasteiger partial charge in [-0.15, -0.1) is 0 Å². The zero-order valence-electron chi connectivity index (χ0n) is 11.5.